The standard InChI is InChI=1S/C16H20N2O5/c1-3-4-11(16(21)22)17-14(19)8-18-9-15(20)23-13-6-5-10(2)7-12(13)18/h5-7,11H,3-4,8-9H2,1-2H3,(H,17,19)(H,21,22). The highest BCUT2D eigenvalue weighted by Crippen LogP contribution is 2.32. The molecule has 0 saturated heterocycles. The molecule has 23 heavy (non-hydrogen) atoms. The van der Waals surface area contributed by atoms with E-state index in [1.54, 1.807) is 11.0 Å². The van der Waals surface area contributed by atoms with Crippen LogP contribution in [0.15, 0.2) is 18.2 Å². The van der Waals surface area contributed by atoms with E-state index in [9.17, 15) is 14.4 Å². The van der Waals surface area contributed by atoms with Crippen LogP contribution in [0.4, 0.5) is 5.69 Å². The molecule has 2 rings (SSSR count). The summed E-state index contributed by atoms with van der Waals surface area (Å²) < 4.78 is 5.15. The molecule has 1 amide bonds. The molecule has 1 unspecified atom stereocenters. The second-order valence-electron chi connectivity index (χ2n) is 5.55. The van der Waals surface area contributed by atoms with Crippen molar-refractivity contribution in [1.82, 2.24) is 5.32 Å². The lowest BCUT2D eigenvalue weighted by Crippen LogP contribution is -2.48. The van der Waals surface area contributed by atoms with Crippen LogP contribution in [0, 0.1) is 6.92 Å². The van der Waals surface area contributed by atoms with Gasteiger partial charge in [0.15, 0.2) is 5.75 Å². The molecule has 0 fully saturated rings. The first-order valence-electron chi connectivity index (χ1n) is 7.49. The van der Waals surface area contributed by atoms with Crippen molar-refractivity contribution in [3.63, 3.8) is 0 Å². The van der Waals surface area contributed by atoms with Crippen molar-refractivity contribution in [1.29, 1.82) is 0 Å². The number of anilines is 1. The van der Waals surface area contributed by atoms with Gasteiger partial charge in [-0.25, -0.2) is 9.59 Å². The lowest BCUT2D eigenvalue weighted by atomic mass is 10.1. The molecule has 7 nitrogen and oxygen atoms in total. The van der Waals surface area contributed by atoms with Crippen LogP contribution >= 0.6 is 0 Å². The number of nitrogens with one attached hydrogen (secondary N) is 1. The molecule has 1 aromatic carbocycles. The van der Waals surface area contributed by atoms with E-state index < -0.39 is 23.9 Å². The highest BCUT2D eigenvalue weighted by Gasteiger charge is 2.27. The smallest absolute Gasteiger partial charge is 0.331 e. The Morgan fingerprint density at radius 2 is 2.17 bits per heavy atom. The van der Waals surface area contributed by atoms with Crippen LogP contribution in [0.25, 0.3) is 0 Å². The van der Waals surface area contributed by atoms with Crippen molar-refractivity contribution in [3.05, 3.63) is 23.8 Å². The average Bonchev–Trinajstić information content (AvgIpc) is 2.47. The molecular formula is C16H20N2O5. The van der Waals surface area contributed by atoms with Crippen molar-refractivity contribution in [2.75, 3.05) is 18.0 Å². The number of aliphatic carboxylic acids is 1. The van der Waals surface area contributed by atoms with Crippen molar-refractivity contribution in [2.45, 2.75) is 32.7 Å². The molecule has 0 bridgehead atoms. The Bertz CT molecular complexity index is 629. The highest BCUT2D eigenvalue weighted by molar-refractivity contribution is 5.91. The lowest BCUT2D eigenvalue weighted by molar-refractivity contribution is -0.142. The molecule has 7 heteroatoms. The molecule has 0 saturated carbocycles. The van der Waals surface area contributed by atoms with E-state index in [2.05, 4.69) is 5.32 Å². The number of rotatable bonds is 6. The molecule has 1 aliphatic rings. The number of benzene rings is 1. The van der Waals surface area contributed by atoms with Gasteiger partial charge in [-0.05, 0) is 31.0 Å². The van der Waals surface area contributed by atoms with Gasteiger partial charge in [-0.15, -0.1) is 0 Å². The predicted octanol–water partition coefficient (Wildman–Crippen LogP) is 1.09. The van der Waals surface area contributed by atoms with E-state index in [4.69, 9.17) is 9.84 Å². The van der Waals surface area contributed by atoms with Crippen molar-refractivity contribution in [3.8, 4) is 5.75 Å². The van der Waals surface area contributed by atoms with Crippen LogP contribution in [0.1, 0.15) is 25.3 Å². The molecule has 1 heterocycles. The molecular weight excluding hydrogens is 300 g/mol. The van der Waals surface area contributed by atoms with Gasteiger partial charge >= 0.3 is 11.9 Å². The van der Waals surface area contributed by atoms with Crippen molar-refractivity contribution >= 4 is 23.5 Å². The molecule has 0 spiro atoms. The van der Waals surface area contributed by atoms with Crippen LogP contribution in [0.3, 0.4) is 0 Å². The minimum Gasteiger partial charge on any atom is -0.480 e. The first-order valence-corrected chi connectivity index (χ1v) is 7.49. The number of amides is 1. The fraction of sp³-hybridized carbons (Fsp3) is 0.438. The Labute approximate surface area is 134 Å². The maximum absolute atomic E-state index is 12.1. The van der Waals surface area contributed by atoms with Crippen LogP contribution in [0.5, 0.6) is 5.75 Å². The third-order valence-electron chi connectivity index (χ3n) is 3.54. The zero-order valence-corrected chi connectivity index (χ0v) is 13.2. The Morgan fingerprint density at radius 3 is 2.83 bits per heavy atom. The highest BCUT2D eigenvalue weighted by atomic mass is 16.5. The van der Waals surface area contributed by atoms with Gasteiger partial charge in [-0.3, -0.25) is 4.79 Å². The van der Waals surface area contributed by atoms with Gasteiger partial charge in [0.25, 0.3) is 0 Å². The summed E-state index contributed by atoms with van der Waals surface area (Å²) in [5.41, 5.74) is 1.63. The number of hydrogen-bond donors (Lipinski definition) is 2. The third kappa shape index (κ3) is 4.21. The van der Waals surface area contributed by atoms with E-state index in [-0.39, 0.29) is 13.1 Å². The summed E-state index contributed by atoms with van der Waals surface area (Å²) in [4.78, 5) is 36.5. The van der Waals surface area contributed by atoms with Crippen LogP contribution in [0.2, 0.25) is 0 Å². The average molecular weight is 320 g/mol. The van der Waals surface area contributed by atoms with Gasteiger partial charge in [0.2, 0.25) is 5.91 Å². The van der Waals surface area contributed by atoms with Gasteiger partial charge in [-0.2, -0.15) is 0 Å². The predicted molar refractivity (Wildman–Crippen MR) is 83.5 cm³/mol. The zero-order chi connectivity index (χ0) is 17.0. The summed E-state index contributed by atoms with van der Waals surface area (Å²) in [5.74, 6) is -1.54. The number of carbonyl (C=O) groups is 3. The van der Waals surface area contributed by atoms with Gasteiger partial charge in [-0.1, -0.05) is 19.4 Å². The first-order chi connectivity index (χ1) is 10.9. The molecule has 1 aliphatic heterocycles. The number of ether oxygens (including phenoxy) is 1. The molecule has 1 atom stereocenters. The summed E-state index contributed by atoms with van der Waals surface area (Å²) in [6, 6.07) is 4.41. The molecule has 1 aromatic rings. The molecule has 124 valence electrons. The number of aryl methyl sites for hydroxylation is 1. The molecule has 2 N–H and O–H groups in total. The summed E-state index contributed by atoms with van der Waals surface area (Å²) >= 11 is 0. The minimum absolute atomic E-state index is 0.0462. The summed E-state index contributed by atoms with van der Waals surface area (Å²) in [7, 11) is 0. The van der Waals surface area contributed by atoms with Crippen molar-refractivity contribution < 1.29 is 24.2 Å². The number of carboxylic acid groups (broad SMARTS) is 1. The normalized spacial score (nSPS) is 14.7. The Morgan fingerprint density at radius 1 is 1.43 bits per heavy atom. The topological polar surface area (TPSA) is 95.9 Å². The first kappa shape index (κ1) is 16.8. The Hall–Kier alpha value is -2.57. The minimum atomic E-state index is -1.06. The lowest BCUT2D eigenvalue weighted by Gasteiger charge is -2.29. The van der Waals surface area contributed by atoms with Gasteiger partial charge < -0.3 is 20.1 Å². The summed E-state index contributed by atoms with van der Waals surface area (Å²) in [5, 5.41) is 11.6. The van der Waals surface area contributed by atoms with Crippen LogP contribution < -0.4 is 15.0 Å². The Balaban J connectivity index is 2.10. The largest absolute Gasteiger partial charge is 0.480 e. The molecule has 0 aliphatic carbocycles. The second-order valence-corrected chi connectivity index (χ2v) is 5.55. The number of esters is 1. The van der Waals surface area contributed by atoms with Crippen molar-refractivity contribution in [2.24, 2.45) is 0 Å². The van der Waals surface area contributed by atoms with E-state index in [1.807, 2.05) is 26.0 Å². The number of carbonyl (C=O) groups excluding carboxylic acids is 2. The van der Waals surface area contributed by atoms with Gasteiger partial charge in [0.1, 0.15) is 12.6 Å². The number of carboxylic acids is 1. The number of fused-ring (bicyclic) bond motifs is 1. The molecule has 0 aromatic heterocycles. The SMILES string of the molecule is CCCC(NC(=O)CN1CC(=O)Oc2ccc(C)cc21)C(=O)O. The fourth-order valence-electron chi connectivity index (χ4n) is 2.46. The van der Waals surface area contributed by atoms with E-state index >= 15 is 0 Å². The van der Waals surface area contributed by atoms with E-state index in [0.717, 1.165) is 5.56 Å². The zero-order valence-electron chi connectivity index (χ0n) is 13.2. The number of hydrogen-bond acceptors (Lipinski definition) is 5. The van der Waals surface area contributed by atoms with E-state index in [1.165, 1.54) is 0 Å². The maximum atomic E-state index is 12.1. The van der Waals surface area contributed by atoms with Gasteiger partial charge in [0.05, 0.1) is 12.2 Å². The quantitative estimate of drug-likeness (QED) is 0.602. The fourth-order valence-corrected chi connectivity index (χ4v) is 2.46. The maximum Gasteiger partial charge on any atom is 0.331 e. The summed E-state index contributed by atoms with van der Waals surface area (Å²) in [6.45, 7) is 3.60. The van der Waals surface area contributed by atoms with Crippen LogP contribution in [-0.4, -0.2) is 42.1 Å². The van der Waals surface area contributed by atoms with E-state index in [0.29, 0.717) is 24.3 Å². The second kappa shape index (κ2) is 7.13. The monoisotopic (exact) mass is 320 g/mol. The summed E-state index contributed by atoms with van der Waals surface area (Å²) in [6.07, 6.45) is 1.01. The molecule has 0 radical (unpaired) electrons. The van der Waals surface area contributed by atoms with Gasteiger partial charge in [0, 0.05) is 0 Å². The Kier molecular flexibility index (Phi) is 5.20. The van der Waals surface area contributed by atoms with Crippen LogP contribution in [-0.2, 0) is 14.4 Å². The number of nitrogens with zero attached hydrogens (tertiary/aromatic N) is 1. The third-order valence-corrected chi connectivity index (χ3v) is 3.54.